The maximum absolute atomic E-state index is 14.0. The van der Waals surface area contributed by atoms with Crippen molar-refractivity contribution in [3.63, 3.8) is 0 Å². The Balaban J connectivity index is 1.57. The first-order valence-corrected chi connectivity index (χ1v) is 11.0. The van der Waals surface area contributed by atoms with Gasteiger partial charge in [-0.05, 0) is 18.2 Å². The number of pyridine rings is 1. The number of anilines is 1. The predicted octanol–water partition coefficient (Wildman–Crippen LogP) is 3.31. The van der Waals surface area contributed by atoms with E-state index in [4.69, 9.17) is 0 Å². The molecule has 1 aliphatic rings. The second-order valence-electron chi connectivity index (χ2n) is 6.98. The largest absolute Gasteiger partial charge is 0.354 e. The van der Waals surface area contributed by atoms with E-state index in [1.165, 1.54) is 28.6 Å². The van der Waals surface area contributed by atoms with E-state index in [0.717, 1.165) is 6.07 Å². The van der Waals surface area contributed by atoms with Gasteiger partial charge in [-0.15, -0.1) is 0 Å². The van der Waals surface area contributed by atoms with E-state index in [2.05, 4.69) is 4.98 Å². The molecule has 0 aliphatic carbocycles. The topological polar surface area (TPSA) is 96.6 Å². The van der Waals surface area contributed by atoms with Gasteiger partial charge in [0, 0.05) is 37.8 Å². The number of sulfonamides is 1. The van der Waals surface area contributed by atoms with Crippen molar-refractivity contribution in [3.05, 3.63) is 82.7 Å². The number of hydrogen-bond donors (Lipinski definition) is 0. The highest BCUT2D eigenvalue weighted by Gasteiger charge is 2.31. The minimum atomic E-state index is -3.95. The molecule has 2 heterocycles. The summed E-state index contributed by atoms with van der Waals surface area (Å²) in [7, 11) is -3.95. The number of rotatable bonds is 5. The quantitative estimate of drug-likeness (QED) is 0.444. The lowest BCUT2D eigenvalue weighted by atomic mass is 10.1. The maximum atomic E-state index is 14.0. The third kappa shape index (κ3) is 4.12. The molecule has 0 atom stereocenters. The molecule has 0 radical (unpaired) electrons. The van der Waals surface area contributed by atoms with E-state index in [1.54, 1.807) is 30.3 Å². The van der Waals surface area contributed by atoms with E-state index in [-0.39, 0.29) is 29.4 Å². The first kappa shape index (κ1) is 20.9. The fourth-order valence-corrected chi connectivity index (χ4v) is 5.01. The molecule has 3 aromatic rings. The molecule has 160 valence electrons. The van der Waals surface area contributed by atoms with E-state index in [9.17, 15) is 22.9 Å². The van der Waals surface area contributed by atoms with Crippen molar-refractivity contribution in [3.8, 4) is 11.3 Å². The van der Waals surface area contributed by atoms with Gasteiger partial charge in [0.05, 0.1) is 4.92 Å². The van der Waals surface area contributed by atoms with Crippen LogP contribution < -0.4 is 4.90 Å². The third-order valence-electron chi connectivity index (χ3n) is 5.12. The van der Waals surface area contributed by atoms with Crippen LogP contribution >= 0.6 is 0 Å². The van der Waals surface area contributed by atoms with Gasteiger partial charge in [0.25, 0.3) is 5.69 Å². The summed E-state index contributed by atoms with van der Waals surface area (Å²) in [5, 5.41) is 11.4. The number of piperazine rings is 1. The molecular formula is C21H19FN4O4S. The van der Waals surface area contributed by atoms with Crippen molar-refractivity contribution in [1.29, 1.82) is 0 Å². The molecule has 1 aliphatic heterocycles. The van der Waals surface area contributed by atoms with Gasteiger partial charge in [0.15, 0.2) is 5.69 Å². The Morgan fingerprint density at radius 2 is 1.55 bits per heavy atom. The second-order valence-corrected chi connectivity index (χ2v) is 8.89. The highest BCUT2D eigenvalue weighted by molar-refractivity contribution is 7.89. The summed E-state index contributed by atoms with van der Waals surface area (Å²) in [6, 6.07) is 17.1. The van der Waals surface area contributed by atoms with Gasteiger partial charge in [-0.1, -0.05) is 42.5 Å². The standard InChI is InChI=1S/C21H19FN4O4S/c22-17-8-4-5-9-19(17)31(29,30)25-14-12-24(13-15-25)20-11-10-18(26(27)28)21(23-20)16-6-2-1-3-7-16/h1-11H,12-15H2. The van der Waals surface area contributed by atoms with Gasteiger partial charge in [0.1, 0.15) is 16.5 Å². The Hall–Kier alpha value is -3.37. The molecule has 4 rings (SSSR count). The smallest absolute Gasteiger partial charge is 0.295 e. The van der Waals surface area contributed by atoms with Crippen molar-refractivity contribution in [2.75, 3.05) is 31.1 Å². The third-order valence-corrected chi connectivity index (χ3v) is 7.05. The molecule has 0 spiro atoms. The molecule has 31 heavy (non-hydrogen) atoms. The average Bonchev–Trinajstić information content (AvgIpc) is 2.79. The van der Waals surface area contributed by atoms with E-state index in [1.807, 2.05) is 11.0 Å². The zero-order chi connectivity index (χ0) is 22.0. The van der Waals surface area contributed by atoms with E-state index >= 15 is 0 Å². The average molecular weight is 442 g/mol. The fourth-order valence-electron chi connectivity index (χ4n) is 3.52. The van der Waals surface area contributed by atoms with Crippen LogP contribution in [0.25, 0.3) is 11.3 Å². The molecular weight excluding hydrogens is 423 g/mol. The number of benzene rings is 2. The first-order chi connectivity index (χ1) is 14.9. The lowest BCUT2D eigenvalue weighted by molar-refractivity contribution is -0.384. The number of aromatic nitrogens is 1. The summed E-state index contributed by atoms with van der Waals surface area (Å²) in [6.07, 6.45) is 0. The molecule has 0 saturated carbocycles. The second kappa shape index (κ2) is 8.40. The maximum Gasteiger partial charge on any atom is 0.295 e. The monoisotopic (exact) mass is 442 g/mol. The molecule has 1 saturated heterocycles. The van der Waals surface area contributed by atoms with Crippen LogP contribution in [0.5, 0.6) is 0 Å². The van der Waals surface area contributed by atoms with Gasteiger partial charge in [-0.25, -0.2) is 17.8 Å². The zero-order valence-electron chi connectivity index (χ0n) is 16.4. The Kier molecular flexibility index (Phi) is 5.66. The number of nitro groups is 1. The molecule has 1 aromatic heterocycles. The highest BCUT2D eigenvalue weighted by Crippen LogP contribution is 2.31. The Bertz CT molecular complexity index is 1210. The van der Waals surface area contributed by atoms with Crippen molar-refractivity contribution < 1.29 is 17.7 Å². The Morgan fingerprint density at radius 3 is 2.19 bits per heavy atom. The highest BCUT2D eigenvalue weighted by atomic mass is 32.2. The number of hydrogen-bond acceptors (Lipinski definition) is 6. The summed E-state index contributed by atoms with van der Waals surface area (Å²) in [5.74, 6) is -0.262. The van der Waals surface area contributed by atoms with Gasteiger partial charge in [-0.2, -0.15) is 4.31 Å². The summed E-state index contributed by atoms with van der Waals surface area (Å²) in [4.78, 5) is 17.0. The van der Waals surface area contributed by atoms with Crippen molar-refractivity contribution in [1.82, 2.24) is 9.29 Å². The molecule has 2 aromatic carbocycles. The van der Waals surface area contributed by atoms with Gasteiger partial charge in [0.2, 0.25) is 10.0 Å². The van der Waals surface area contributed by atoms with Crippen LogP contribution in [0.3, 0.4) is 0 Å². The molecule has 0 unspecified atom stereocenters. The molecule has 0 N–H and O–H groups in total. The fraction of sp³-hybridized carbons (Fsp3) is 0.190. The Morgan fingerprint density at radius 1 is 0.903 bits per heavy atom. The van der Waals surface area contributed by atoms with Gasteiger partial charge >= 0.3 is 0 Å². The lowest BCUT2D eigenvalue weighted by Gasteiger charge is -2.34. The number of halogens is 1. The van der Waals surface area contributed by atoms with E-state index < -0.39 is 20.8 Å². The normalized spacial score (nSPS) is 15.1. The van der Waals surface area contributed by atoms with Gasteiger partial charge in [-0.3, -0.25) is 10.1 Å². The predicted molar refractivity (Wildman–Crippen MR) is 114 cm³/mol. The van der Waals surface area contributed by atoms with Crippen LogP contribution in [0.2, 0.25) is 0 Å². The molecule has 1 fully saturated rings. The summed E-state index contributed by atoms with van der Waals surface area (Å²) >= 11 is 0. The summed E-state index contributed by atoms with van der Waals surface area (Å²) < 4.78 is 40.8. The molecule has 0 bridgehead atoms. The van der Waals surface area contributed by atoms with Crippen LogP contribution in [0.4, 0.5) is 15.9 Å². The number of nitrogens with zero attached hydrogens (tertiary/aromatic N) is 4. The molecule has 8 nitrogen and oxygen atoms in total. The minimum absolute atomic E-state index is 0.101. The first-order valence-electron chi connectivity index (χ1n) is 9.58. The minimum Gasteiger partial charge on any atom is -0.354 e. The van der Waals surface area contributed by atoms with Crippen LogP contribution in [-0.2, 0) is 10.0 Å². The van der Waals surface area contributed by atoms with Crippen molar-refractivity contribution >= 4 is 21.5 Å². The summed E-state index contributed by atoms with van der Waals surface area (Å²) in [6.45, 7) is 0.950. The van der Waals surface area contributed by atoms with Crippen LogP contribution in [0.1, 0.15) is 0 Å². The van der Waals surface area contributed by atoms with E-state index in [0.29, 0.717) is 24.5 Å². The van der Waals surface area contributed by atoms with Crippen LogP contribution in [-0.4, -0.2) is 48.8 Å². The van der Waals surface area contributed by atoms with Gasteiger partial charge < -0.3 is 4.90 Å². The SMILES string of the molecule is O=[N+]([O-])c1ccc(N2CCN(S(=O)(=O)c3ccccc3F)CC2)nc1-c1ccccc1. The van der Waals surface area contributed by atoms with Crippen LogP contribution in [0, 0.1) is 15.9 Å². The molecule has 0 amide bonds. The molecule has 10 heteroatoms. The van der Waals surface area contributed by atoms with Crippen LogP contribution in [0.15, 0.2) is 71.6 Å². The summed E-state index contributed by atoms with van der Waals surface area (Å²) in [5.41, 5.74) is 0.775. The lowest BCUT2D eigenvalue weighted by Crippen LogP contribution is -2.49. The van der Waals surface area contributed by atoms with Crippen molar-refractivity contribution in [2.24, 2.45) is 0 Å². The Labute approximate surface area is 178 Å². The van der Waals surface area contributed by atoms with Crippen molar-refractivity contribution in [2.45, 2.75) is 4.90 Å². The zero-order valence-corrected chi connectivity index (χ0v) is 17.2.